The van der Waals surface area contributed by atoms with Gasteiger partial charge < -0.3 is 5.32 Å². The number of piperidine rings is 2. The summed E-state index contributed by atoms with van der Waals surface area (Å²) in [5.74, 6) is 1.37. The SMILES string of the molecule is CC1CC2CCC1NC2=O. The molecular formula is C8H13NO. The quantitative estimate of drug-likeness (QED) is 0.531. The molecule has 56 valence electrons. The zero-order chi connectivity index (χ0) is 7.14. The Morgan fingerprint density at radius 3 is 2.60 bits per heavy atom. The van der Waals surface area contributed by atoms with Crippen LogP contribution >= 0.6 is 0 Å². The minimum atomic E-state index is 0.300. The Bertz CT molecular complexity index is 167. The Morgan fingerprint density at radius 1 is 1.50 bits per heavy atom. The number of fused-ring (bicyclic) bond motifs is 3. The van der Waals surface area contributed by atoms with E-state index in [4.69, 9.17) is 0 Å². The van der Waals surface area contributed by atoms with Crippen molar-refractivity contribution in [2.45, 2.75) is 32.2 Å². The molecule has 2 saturated heterocycles. The fraction of sp³-hybridized carbons (Fsp3) is 0.875. The molecule has 1 amide bonds. The van der Waals surface area contributed by atoms with E-state index in [2.05, 4.69) is 12.2 Å². The molecule has 3 atom stereocenters. The molecule has 2 aliphatic heterocycles. The topological polar surface area (TPSA) is 29.1 Å². The Labute approximate surface area is 61.0 Å². The van der Waals surface area contributed by atoms with Crippen molar-refractivity contribution >= 4 is 5.91 Å². The maximum atomic E-state index is 11.1. The van der Waals surface area contributed by atoms with Gasteiger partial charge in [-0.2, -0.15) is 0 Å². The van der Waals surface area contributed by atoms with Gasteiger partial charge in [-0.1, -0.05) is 6.92 Å². The molecule has 2 heteroatoms. The molecule has 3 aliphatic rings. The molecule has 3 unspecified atom stereocenters. The zero-order valence-corrected chi connectivity index (χ0v) is 6.26. The van der Waals surface area contributed by atoms with Crippen LogP contribution in [0.15, 0.2) is 0 Å². The minimum Gasteiger partial charge on any atom is -0.353 e. The summed E-state index contributed by atoms with van der Waals surface area (Å²) < 4.78 is 0. The van der Waals surface area contributed by atoms with Gasteiger partial charge in [0.25, 0.3) is 0 Å². The van der Waals surface area contributed by atoms with E-state index in [9.17, 15) is 4.79 Å². The number of carbonyl (C=O) groups is 1. The molecule has 1 aliphatic carbocycles. The Hall–Kier alpha value is -0.530. The summed E-state index contributed by atoms with van der Waals surface area (Å²) in [4.78, 5) is 11.1. The predicted molar refractivity (Wildman–Crippen MR) is 38.4 cm³/mol. The molecule has 3 rings (SSSR count). The van der Waals surface area contributed by atoms with Gasteiger partial charge in [0.05, 0.1) is 0 Å². The summed E-state index contributed by atoms with van der Waals surface area (Å²) in [6.07, 6.45) is 3.45. The standard InChI is InChI=1S/C8H13NO/c1-5-4-6-2-3-7(5)9-8(6)10/h5-7H,2-4H2,1H3,(H,9,10). The van der Waals surface area contributed by atoms with Crippen LogP contribution in [0.5, 0.6) is 0 Å². The largest absolute Gasteiger partial charge is 0.353 e. The van der Waals surface area contributed by atoms with Gasteiger partial charge in [-0.05, 0) is 25.2 Å². The Morgan fingerprint density at radius 2 is 2.30 bits per heavy atom. The monoisotopic (exact) mass is 139 g/mol. The van der Waals surface area contributed by atoms with Crippen molar-refractivity contribution in [1.29, 1.82) is 0 Å². The number of nitrogens with one attached hydrogen (secondary N) is 1. The van der Waals surface area contributed by atoms with Gasteiger partial charge in [-0.15, -0.1) is 0 Å². The van der Waals surface area contributed by atoms with Gasteiger partial charge in [0, 0.05) is 12.0 Å². The van der Waals surface area contributed by atoms with Crippen LogP contribution in [0.25, 0.3) is 0 Å². The van der Waals surface area contributed by atoms with E-state index in [-0.39, 0.29) is 0 Å². The molecule has 0 aromatic rings. The highest BCUT2D eigenvalue weighted by Crippen LogP contribution is 2.33. The summed E-state index contributed by atoms with van der Waals surface area (Å²) in [5, 5.41) is 3.03. The molecule has 0 aromatic carbocycles. The van der Waals surface area contributed by atoms with Crippen molar-refractivity contribution in [3.8, 4) is 0 Å². The first-order chi connectivity index (χ1) is 4.77. The molecule has 1 saturated carbocycles. The van der Waals surface area contributed by atoms with Crippen LogP contribution in [0.3, 0.4) is 0 Å². The second-order valence-electron chi connectivity index (χ2n) is 3.60. The molecule has 0 radical (unpaired) electrons. The zero-order valence-electron chi connectivity index (χ0n) is 6.26. The summed E-state index contributed by atoms with van der Waals surface area (Å²) >= 11 is 0. The van der Waals surface area contributed by atoms with Crippen LogP contribution in [0, 0.1) is 11.8 Å². The van der Waals surface area contributed by atoms with E-state index in [0.29, 0.717) is 17.9 Å². The third-order valence-corrected chi connectivity index (χ3v) is 2.87. The second kappa shape index (κ2) is 1.97. The molecule has 0 aromatic heterocycles. The summed E-state index contributed by atoms with van der Waals surface area (Å²) in [6, 6.07) is 0.498. The number of rotatable bonds is 0. The third kappa shape index (κ3) is 0.746. The smallest absolute Gasteiger partial charge is 0.223 e. The van der Waals surface area contributed by atoms with Gasteiger partial charge in [-0.25, -0.2) is 0 Å². The van der Waals surface area contributed by atoms with Gasteiger partial charge >= 0.3 is 0 Å². The molecule has 1 N–H and O–H groups in total. The van der Waals surface area contributed by atoms with E-state index in [0.717, 1.165) is 18.8 Å². The van der Waals surface area contributed by atoms with E-state index < -0.39 is 0 Å². The highest BCUT2D eigenvalue weighted by atomic mass is 16.2. The van der Waals surface area contributed by atoms with Gasteiger partial charge in [0.2, 0.25) is 5.91 Å². The van der Waals surface area contributed by atoms with Gasteiger partial charge in [-0.3, -0.25) is 4.79 Å². The second-order valence-corrected chi connectivity index (χ2v) is 3.60. The number of hydrogen-bond donors (Lipinski definition) is 1. The van der Waals surface area contributed by atoms with Crippen molar-refractivity contribution in [3.05, 3.63) is 0 Å². The van der Waals surface area contributed by atoms with Crippen molar-refractivity contribution in [2.75, 3.05) is 0 Å². The van der Waals surface area contributed by atoms with Crippen LogP contribution in [0.1, 0.15) is 26.2 Å². The lowest BCUT2D eigenvalue weighted by Crippen LogP contribution is -2.53. The average molecular weight is 139 g/mol. The number of amides is 1. The van der Waals surface area contributed by atoms with Crippen molar-refractivity contribution in [2.24, 2.45) is 11.8 Å². The molecule has 10 heavy (non-hydrogen) atoms. The Balaban J connectivity index is 2.16. The first-order valence-corrected chi connectivity index (χ1v) is 4.08. The van der Waals surface area contributed by atoms with Crippen LogP contribution < -0.4 is 5.32 Å². The number of carbonyl (C=O) groups excluding carboxylic acids is 1. The van der Waals surface area contributed by atoms with Crippen molar-refractivity contribution in [3.63, 3.8) is 0 Å². The molecule has 2 nitrogen and oxygen atoms in total. The predicted octanol–water partition coefficient (Wildman–Crippen LogP) is 0.921. The van der Waals surface area contributed by atoms with E-state index in [1.54, 1.807) is 0 Å². The fourth-order valence-electron chi connectivity index (χ4n) is 2.15. The summed E-state index contributed by atoms with van der Waals surface area (Å²) in [5.41, 5.74) is 0. The number of hydrogen-bond acceptors (Lipinski definition) is 1. The van der Waals surface area contributed by atoms with Crippen LogP contribution in [-0.4, -0.2) is 11.9 Å². The fourth-order valence-corrected chi connectivity index (χ4v) is 2.15. The van der Waals surface area contributed by atoms with Gasteiger partial charge in [0.1, 0.15) is 0 Å². The van der Waals surface area contributed by atoms with Crippen LogP contribution in [0.4, 0.5) is 0 Å². The van der Waals surface area contributed by atoms with Crippen molar-refractivity contribution < 1.29 is 4.79 Å². The lowest BCUT2D eigenvalue weighted by atomic mass is 9.74. The Kier molecular flexibility index (Phi) is 1.22. The first-order valence-electron chi connectivity index (χ1n) is 4.08. The van der Waals surface area contributed by atoms with E-state index >= 15 is 0 Å². The average Bonchev–Trinajstić information content (AvgIpc) is 1.91. The van der Waals surface area contributed by atoms with Gasteiger partial charge in [0.15, 0.2) is 0 Å². The molecule has 2 heterocycles. The first kappa shape index (κ1) is 6.20. The highest BCUT2D eigenvalue weighted by molar-refractivity contribution is 5.80. The maximum absolute atomic E-state index is 11.1. The lowest BCUT2D eigenvalue weighted by molar-refractivity contribution is -0.132. The van der Waals surface area contributed by atoms with Crippen LogP contribution in [-0.2, 0) is 4.79 Å². The molecule has 3 fully saturated rings. The van der Waals surface area contributed by atoms with Crippen LogP contribution in [0.2, 0.25) is 0 Å². The summed E-state index contributed by atoms with van der Waals surface area (Å²) in [7, 11) is 0. The third-order valence-electron chi connectivity index (χ3n) is 2.87. The molecule has 2 bridgehead atoms. The highest BCUT2D eigenvalue weighted by Gasteiger charge is 2.37. The van der Waals surface area contributed by atoms with Crippen molar-refractivity contribution in [1.82, 2.24) is 5.32 Å². The maximum Gasteiger partial charge on any atom is 0.223 e. The van der Waals surface area contributed by atoms with E-state index in [1.165, 1.54) is 6.42 Å². The summed E-state index contributed by atoms with van der Waals surface area (Å²) in [6.45, 7) is 2.23. The normalized spacial score (nSPS) is 45.3. The molecular weight excluding hydrogens is 126 g/mol. The molecule has 0 spiro atoms. The lowest BCUT2D eigenvalue weighted by Gasteiger charge is -2.40. The van der Waals surface area contributed by atoms with E-state index in [1.807, 2.05) is 0 Å². The minimum absolute atomic E-state index is 0.300.